The van der Waals surface area contributed by atoms with Crippen LogP contribution in [0.2, 0.25) is 0 Å². The fraction of sp³-hybridized carbons (Fsp3) is 0.467. The van der Waals surface area contributed by atoms with Crippen LogP contribution in [0.5, 0.6) is 5.75 Å². The predicted molar refractivity (Wildman–Crippen MR) is 77.4 cm³/mol. The van der Waals surface area contributed by atoms with E-state index in [1.807, 2.05) is 6.92 Å². The van der Waals surface area contributed by atoms with E-state index in [4.69, 9.17) is 9.84 Å². The summed E-state index contributed by atoms with van der Waals surface area (Å²) in [6.07, 6.45) is 0.470. The lowest BCUT2D eigenvalue weighted by Gasteiger charge is -2.21. The molecule has 0 spiro atoms. The van der Waals surface area contributed by atoms with Crippen LogP contribution >= 0.6 is 0 Å². The van der Waals surface area contributed by atoms with Gasteiger partial charge >= 0.3 is 5.97 Å². The Hall–Kier alpha value is -2.08. The molecule has 0 aliphatic carbocycles. The highest BCUT2D eigenvalue weighted by molar-refractivity contribution is 5.94. The molecular formula is C15H21NO5. The standard InChI is InChI=1S/C15H21NO5/c1-3-8-21-12-6-4-11(5-7-12)14(19)16-10-15(2,20)9-13(17)18/h4-7,20H,3,8-10H2,1-2H3,(H,16,19)(H,17,18). The zero-order valence-electron chi connectivity index (χ0n) is 12.3. The molecule has 0 saturated heterocycles. The average Bonchev–Trinajstić information content (AvgIpc) is 2.42. The number of carbonyl (C=O) groups excluding carboxylic acids is 1. The van der Waals surface area contributed by atoms with Crippen molar-refractivity contribution in [3.8, 4) is 5.75 Å². The van der Waals surface area contributed by atoms with Crippen LogP contribution in [0.15, 0.2) is 24.3 Å². The summed E-state index contributed by atoms with van der Waals surface area (Å²) in [5.74, 6) is -0.805. The Morgan fingerprint density at radius 2 is 1.90 bits per heavy atom. The van der Waals surface area contributed by atoms with Crippen LogP contribution in [0.25, 0.3) is 0 Å². The number of hydrogen-bond donors (Lipinski definition) is 3. The quantitative estimate of drug-likeness (QED) is 0.674. The molecule has 6 heteroatoms. The van der Waals surface area contributed by atoms with Crippen LogP contribution in [0.3, 0.4) is 0 Å². The second-order valence-corrected chi connectivity index (χ2v) is 5.12. The summed E-state index contributed by atoms with van der Waals surface area (Å²) in [7, 11) is 0. The first-order valence-corrected chi connectivity index (χ1v) is 6.79. The Bertz CT molecular complexity index is 481. The second-order valence-electron chi connectivity index (χ2n) is 5.12. The van der Waals surface area contributed by atoms with Gasteiger partial charge in [0.1, 0.15) is 5.75 Å². The van der Waals surface area contributed by atoms with E-state index in [-0.39, 0.29) is 12.5 Å². The zero-order valence-corrected chi connectivity index (χ0v) is 12.3. The number of aliphatic hydroxyl groups is 1. The van der Waals surface area contributed by atoms with Crippen LogP contribution in [-0.4, -0.2) is 40.8 Å². The fourth-order valence-electron chi connectivity index (χ4n) is 1.68. The molecule has 21 heavy (non-hydrogen) atoms. The van der Waals surface area contributed by atoms with E-state index in [2.05, 4.69) is 5.32 Å². The molecule has 116 valence electrons. The minimum atomic E-state index is -1.48. The van der Waals surface area contributed by atoms with Gasteiger partial charge in [-0.1, -0.05) is 6.92 Å². The molecule has 0 bridgehead atoms. The van der Waals surface area contributed by atoms with Crippen molar-refractivity contribution in [3.63, 3.8) is 0 Å². The van der Waals surface area contributed by atoms with Gasteiger partial charge in [-0.3, -0.25) is 9.59 Å². The van der Waals surface area contributed by atoms with Crippen molar-refractivity contribution >= 4 is 11.9 Å². The molecule has 0 radical (unpaired) electrons. The molecule has 6 nitrogen and oxygen atoms in total. The van der Waals surface area contributed by atoms with Gasteiger partial charge in [0.15, 0.2) is 0 Å². The lowest BCUT2D eigenvalue weighted by Crippen LogP contribution is -2.42. The van der Waals surface area contributed by atoms with E-state index >= 15 is 0 Å². The van der Waals surface area contributed by atoms with E-state index in [0.29, 0.717) is 17.9 Å². The van der Waals surface area contributed by atoms with Crippen molar-refractivity contribution in [3.05, 3.63) is 29.8 Å². The van der Waals surface area contributed by atoms with Crippen molar-refractivity contribution in [2.75, 3.05) is 13.2 Å². The molecule has 1 atom stereocenters. The van der Waals surface area contributed by atoms with Gasteiger partial charge in [-0.15, -0.1) is 0 Å². The van der Waals surface area contributed by atoms with Crippen LogP contribution in [0, 0.1) is 0 Å². The van der Waals surface area contributed by atoms with E-state index in [1.165, 1.54) is 6.92 Å². The highest BCUT2D eigenvalue weighted by atomic mass is 16.5. The molecule has 1 rings (SSSR count). The molecule has 0 fully saturated rings. The van der Waals surface area contributed by atoms with Gasteiger partial charge in [-0.05, 0) is 37.6 Å². The van der Waals surface area contributed by atoms with Crippen molar-refractivity contribution < 1.29 is 24.5 Å². The Kier molecular flexibility index (Phi) is 6.17. The summed E-state index contributed by atoms with van der Waals surface area (Å²) in [5, 5.41) is 21.0. The number of benzene rings is 1. The summed E-state index contributed by atoms with van der Waals surface area (Å²) >= 11 is 0. The molecule has 1 amide bonds. The van der Waals surface area contributed by atoms with Gasteiger partial charge in [-0.25, -0.2) is 0 Å². The molecule has 1 aromatic carbocycles. The lowest BCUT2D eigenvalue weighted by atomic mass is 10.0. The van der Waals surface area contributed by atoms with E-state index < -0.39 is 18.0 Å². The largest absolute Gasteiger partial charge is 0.494 e. The summed E-state index contributed by atoms with van der Waals surface area (Å²) in [5.41, 5.74) is -1.06. The number of carbonyl (C=O) groups is 2. The highest BCUT2D eigenvalue weighted by Gasteiger charge is 2.24. The van der Waals surface area contributed by atoms with Gasteiger partial charge in [-0.2, -0.15) is 0 Å². The maximum absolute atomic E-state index is 11.9. The molecule has 0 heterocycles. The molecule has 0 saturated carbocycles. The molecule has 1 aromatic rings. The maximum Gasteiger partial charge on any atom is 0.306 e. The van der Waals surface area contributed by atoms with Gasteiger partial charge < -0.3 is 20.3 Å². The number of amides is 1. The Morgan fingerprint density at radius 3 is 2.43 bits per heavy atom. The average molecular weight is 295 g/mol. The van der Waals surface area contributed by atoms with E-state index in [1.54, 1.807) is 24.3 Å². The number of carboxylic acid groups (broad SMARTS) is 1. The van der Waals surface area contributed by atoms with Crippen molar-refractivity contribution in [2.24, 2.45) is 0 Å². The van der Waals surface area contributed by atoms with E-state index in [0.717, 1.165) is 6.42 Å². The maximum atomic E-state index is 11.9. The minimum Gasteiger partial charge on any atom is -0.494 e. The third-order valence-electron chi connectivity index (χ3n) is 2.75. The lowest BCUT2D eigenvalue weighted by molar-refractivity contribution is -0.141. The Morgan fingerprint density at radius 1 is 1.29 bits per heavy atom. The summed E-state index contributed by atoms with van der Waals surface area (Å²) in [6, 6.07) is 6.62. The van der Waals surface area contributed by atoms with E-state index in [9.17, 15) is 14.7 Å². The minimum absolute atomic E-state index is 0.133. The molecule has 0 aromatic heterocycles. The highest BCUT2D eigenvalue weighted by Crippen LogP contribution is 2.13. The predicted octanol–water partition coefficient (Wildman–Crippen LogP) is 1.43. The van der Waals surface area contributed by atoms with Crippen LogP contribution in [-0.2, 0) is 4.79 Å². The van der Waals surface area contributed by atoms with Crippen LogP contribution in [0.1, 0.15) is 37.0 Å². The number of carboxylic acids is 1. The van der Waals surface area contributed by atoms with Crippen molar-refractivity contribution in [1.29, 1.82) is 0 Å². The summed E-state index contributed by atoms with van der Waals surface area (Å²) in [6.45, 7) is 3.85. The number of rotatable bonds is 8. The first-order chi connectivity index (χ1) is 9.84. The third kappa shape index (κ3) is 6.27. The molecule has 1 unspecified atom stereocenters. The number of hydrogen-bond acceptors (Lipinski definition) is 4. The molecule has 0 aliphatic heterocycles. The van der Waals surface area contributed by atoms with Crippen molar-refractivity contribution in [1.82, 2.24) is 5.32 Å². The molecule has 0 aliphatic rings. The number of ether oxygens (including phenoxy) is 1. The van der Waals surface area contributed by atoms with Gasteiger partial charge in [0.05, 0.1) is 18.6 Å². The zero-order chi connectivity index (χ0) is 15.9. The Balaban J connectivity index is 2.53. The second kappa shape index (κ2) is 7.64. The normalized spacial score (nSPS) is 13.3. The first kappa shape index (κ1) is 17.0. The monoisotopic (exact) mass is 295 g/mol. The van der Waals surface area contributed by atoms with Crippen molar-refractivity contribution in [2.45, 2.75) is 32.3 Å². The smallest absolute Gasteiger partial charge is 0.306 e. The van der Waals surface area contributed by atoms with Gasteiger partial charge in [0.2, 0.25) is 0 Å². The SMILES string of the molecule is CCCOc1ccc(C(=O)NCC(C)(O)CC(=O)O)cc1. The molecular weight excluding hydrogens is 274 g/mol. The van der Waals surface area contributed by atoms with Gasteiger partial charge in [0, 0.05) is 12.1 Å². The summed E-state index contributed by atoms with van der Waals surface area (Å²) < 4.78 is 5.41. The third-order valence-corrected chi connectivity index (χ3v) is 2.75. The van der Waals surface area contributed by atoms with Crippen LogP contribution in [0.4, 0.5) is 0 Å². The molecule has 3 N–H and O–H groups in total. The van der Waals surface area contributed by atoms with Crippen LogP contribution < -0.4 is 10.1 Å². The first-order valence-electron chi connectivity index (χ1n) is 6.79. The Labute approximate surface area is 123 Å². The number of nitrogens with one attached hydrogen (secondary N) is 1. The number of aliphatic carboxylic acids is 1. The fourth-order valence-corrected chi connectivity index (χ4v) is 1.68. The summed E-state index contributed by atoms with van der Waals surface area (Å²) in [4.78, 5) is 22.5. The topological polar surface area (TPSA) is 95.9 Å². The van der Waals surface area contributed by atoms with Gasteiger partial charge in [0.25, 0.3) is 5.91 Å².